The Morgan fingerprint density at radius 3 is 2.50 bits per heavy atom. The van der Waals surface area contributed by atoms with Gasteiger partial charge in [-0.3, -0.25) is 19.1 Å². The third-order valence-electron chi connectivity index (χ3n) is 6.76. The van der Waals surface area contributed by atoms with E-state index in [-0.39, 0.29) is 42.2 Å². The molecular weight excluding hydrogens is 649 g/mol. The molecule has 0 spiro atoms. The van der Waals surface area contributed by atoms with E-state index in [0.717, 1.165) is 0 Å². The van der Waals surface area contributed by atoms with Crippen LogP contribution in [0.4, 0.5) is 35.2 Å². The summed E-state index contributed by atoms with van der Waals surface area (Å²) < 4.78 is 55.7. The predicted molar refractivity (Wildman–Crippen MR) is 159 cm³/mol. The number of furan rings is 1. The number of nitrogens with zero attached hydrogens (tertiary/aromatic N) is 5. The second-order valence-corrected chi connectivity index (χ2v) is 11.6. The van der Waals surface area contributed by atoms with E-state index >= 15 is 0 Å². The lowest BCUT2D eigenvalue weighted by Crippen LogP contribution is -2.54. The van der Waals surface area contributed by atoms with E-state index in [1.807, 2.05) is 0 Å². The van der Waals surface area contributed by atoms with Crippen LogP contribution in [0.1, 0.15) is 37.6 Å². The lowest BCUT2D eigenvalue weighted by molar-refractivity contribution is -0.177. The Morgan fingerprint density at radius 2 is 1.82 bits per heavy atom. The van der Waals surface area contributed by atoms with E-state index in [9.17, 15) is 22.8 Å². The van der Waals surface area contributed by atoms with Gasteiger partial charge in [-0.2, -0.15) is 13.2 Å². The number of aromatic nitrogens is 4. The third-order valence-corrected chi connectivity index (χ3v) is 7.12. The van der Waals surface area contributed by atoms with Crippen LogP contribution >= 0.6 is 16.1 Å². The first-order chi connectivity index (χ1) is 20.8. The predicted octanol–water partition coefficient (Wildman–Crippen LogP) is 5.94. The normalized spacial score (nSPS) is 17.3. The van der Waals surface area contributed by atoms with Crippen molar-refractivity contribution < 1.29 is 31.9 Å². The summed E-state index contributed by atoms with van der Waals surface area (Å²) in [7, 11) is 0. The first-order valence-corrected chi connectivity index (χ1v) is 14.2. The third kappa shape index (κ3) is 7.01. The maximum atomic E-state index is 14.0. The number of alkyl carbamates (subject to hydrolysis) is 1. The van der Waals surface area contributed by atoms with Crippen LogP contribution in [0.15, 0.2) is 53.9 Å². The average molecular weight is 677 g/mol. The maximum Gasteiger partial charge on any atom is 0.407 e. The van der Waals surface area contributed by atoms with Crippen LogP contribution in [0.5, 0.6) is 0 Å². The Labute approximate surface area is 258 Å². The fourth-order valence-electron chi connectivity index (χ4n) is 4.92. The minimum absolute atomic E-state index is 0.0368. The summed E-state index contributed by atoms with van der Waals surface area (Å²) in [5.41, 5.74) is 1.57. The molecule has 1 aliphatic heterocycles. The van der Waals surface area contributed by atoms with Crippen molar-refractivity contribution in [2.45, 2.75) is 45.0 Å². The number of hydrogen-bond donors (Lipinski definition) is 3. The molecule has 4 aromatic rings. The van der Waals surface area contributed by atoms with Crippen molar-refractivity contribution in [1.82, 2.24) is 25.3 Å². The summed E-state index contributed by atoms with van der Waals surface area (Å²) in [6, 6.07) is 2.31. The molecule has 2 atom stereocenters. The molecule has 1 aliphatic rings. The molecular formula is C28H28BrF3N8O4. The number of anilines is 3. The standard InChI is InChI=1S/C28H28BrF3N8O4/c1-27(2,3)44-26(42)37-18-7-17(28(30,31)32)12-40(13-18)20-4-5-33-11-19(20)38-24(41)22-23-21(43-25(22)39-29)6-15(10-36-23)16-8-34-14-35-9-16/h4-6,8-11,14,17-18,39H,7,12-13H2,1-3H3,(H,37,42)(H,38,41)/t17-,18?/m1/s1. The molecule has 0 radical (unpaired) electrons. The van der Waals surface area contributed by atoms with Gasteiger partial charge in [-0.15, -0.1) is 0 Å². The number of pyridine rings is 2. The Balaban J connectivity index is 1.42. The quantitative estimate of drug-likeness (QED) is 0.210. The summed E-state index contributed by atoms with van der Waals surface area (Å²) in [6.45, 7) is 4.64. The van der Waals surface area contributed by atoms with E-state index < -0.39 is 35.7 Å². The summed E-state index contributed by atoms with van der Waals surface area (Å²) in [5.74, 6) is -2.33. The SMILES string of the molecule is CC(C)(C)OC(=O)NC1C[C@@H](C(F)(F)F)CN(c2ccncc2NC(=O)c2c(NBr)oc3cc(-c4cncnc4)cnc23)C1. The highest BCUT2D eigenvalue weighted by atomic mass is 79.9. The highest BCUT2D eigenvalue weighted by Crippen LogP contribution is 2.38. The number of carbonyl (C=O) groups is 2. The van der Waals surface area contributed by atoms with Gasteiger partial charge in [0.1, 0.15) is 23.0 Å². The zero-order valence-electron chi connectivity index (χ0n) is 23.8. The fraction of sp³-hybridized carbons (Fsp3) is 0.357. The Hall–Kier alpha value is -4.47. The second-order valence-electron chi connectivity index (χ2n) is 11.2. The number of nitrogens with one attached hydrogen (secondary N) is 3. The summed E-state index contributed by atoms with van der Waals surface area (Å²) >= 11 is 3.11. The van der Waals surface area contributed by atoms with Crippen molar-refractivity contribution in [2.24, 2.45) is 5.92 Å². The van der Waals surface area contributed by atoms with Gasteiger partial charge >= 0.3 is 12.3 Å². The molecule has 232 valence electrons. The van der Waals surface area contributed by atoms with E-state index in [4.69, 9.17) is 9.15 Å². The number of carbonyl (C=O) groups excluding carboxylic acids is 2. The van der Waals surface area contributed by atoms with Crippen LogP contribution in [0.25, 0.3) is 22.2 Å². The zero-order valence-corrected chi connectivity index (χ0v) is 25.4. The van der Waals surface area contributed by atoms with Crippen LogP contribution in [0.3, 0.4) is 0 Å². The van der Waals surface area contributed by atoms with Crippen LogP contribution < -0.4 is 19.9 Å². The number of hydrogen-bond acceptors (Lipinski definition) is 10. The zero-order chi connectivity index (χ0) is 31.6. The monoisotopic (exact) mass is 676 g/mol. The molecule has 1 saturated heterocycles. The molecule has 5 rings (SSSR count). The highest BCUT2D eigenvalue weighted by Gasteiger charge is 2.45. The number of piperidine rings is 1. The van der Waals surface area contributed by atoms with Gasteiger partial charge in [0.25, 0.3) is 5.91 Å². The van der Waals surface area contributed by atoms with E-state index in [0.29, 0.717) is 22.4 Å². The van der Waals surface area contributed by atoms with Gasteiger partial charge in [0.2, 0.25) is 5.88 Å². The highest BCUT2D eigenvalue weighted by molar-refractivity contribution is 9.10. The fourth-order valence-corrected chi connectivity index (χ4v) is 5.20. The maximum absolute atomic E-state index is 14.0. The van der Waals surface area contributed by atoms with Gasteiger partial charge in [0, 0.05) is 65.2 Å². The molecule has 16 heteroatoms. The van der Waals surface area contributed by atoms with Crippen molar-refractivity contribution in [3.05, 3.63) is 55.0 Å². The molecule has 4 aromatic heterocycles. The Bertz CT molecular complexity index is 1660. The van der Waals surface area contributed by atoms with Crippen LogP contribution in [0, 0.1) is 5.92 Å². The van der Waals surface area contributed by atoms with Crippen molar-refractivity contribution in [3.8, 4) is 11.1 Å². The number of amides is 2. The molecule has 1 unspecified atom stereocenters. The minimum Gasteiger partial charge on any atom is -0.444 e. The Morgan fingerprint density at radius 1 is 1.07 bits per heavy atom. The first kappa shape index (κ1) is 31.0. The smallest absolute Gasteiger partial charge is 0.407 e. The molecule has 1 fully saturated rings. The number of rotatable bonds is 6. The number of halogens is 4. The van der Waals surface area contributed by atoms with Crippen molar-refractivity contribution in [1.29, 1.82) is 0 Å². The first-order valence-electron chi connectivity index (χ1n) is 13.4. The van der Waals surface area contributed by atoms with E-state index in [2.05, 4.69) is 51.1 Å². The minimum atomic E-state index is -4.52. The van der Waals surface area contributed by atoms with E-state index in [1.165, 1.54) is 29.7 Å². The van der Waals surface area contributed by atoms with Gasteiger partial charge in [-0.05, 0) is 39.3 Å². The molecule has 0 aliphatic carbocycles. The Kier molecular flexibility index (Phi) is 8.63. The van der Waals surface area contributed by atoms with Crippen LogP contribution in [0.2, 0.25) is 0 Å². The van der Waals surface area contributed by atoms with Crippen LogP contribution in [-0.4, -0.2) is 62.8 Å². The molecule has 5 heterocycles. The number of ether oxygens (including phenoxy) is 1. The molecule has 0 saturated carbocycles. The van der Waals surface area contributed by atoms with Gasteiger partial charge < -0.3 is 24.7 Å². The van der Waals surface area contributed by atoms with Gasteiger partial charge in [0.05, 0.1) is 29.5 Å². The van der Waals surface area contributed by atoms with Crippen molar-refractivity contribution >= 4 is 56.5 Å². The summed E-state index contributed by atoms with van der Waals surface area (Å²) in [5, 5.41) is 5.31. The molecule has 0 bridgehead atoms. The largest absolute Gasteiger partial charge is 0.444 e. The van der Waals surface area contributed by atoms with Crippen molar-refractivity contribution in [3.63, 3.8) is 0 Å². The lowest BCUT2D eigenvalue weighted by atomic mass is 9.93. The molecule has 3 N–H and O–H groups in total. The summed E-state index contributed by atoms with van der Waals surface area (Å²) in [4.78, 5) is 44.0. The second kappa shape index (κ2) is 12.3. The number of alkyl halides is 3. The molecule has 0 aromatic carbocycles. The molecule has 44 heavy (non-hydrogen) atoms. The molecule has 2 amide bonds. The van der Waals surface area contributed by atoms with Crippen molar-refractivity contribution in [2.75, 3.05) is 27.6 Å². The lowest BCUT2D eigenvalue weighted by Gasteiger charge is -2.40. The van der Waals surface area contributed by atoms with Gasteiger partial charge in [-0.25, -0.2) is 14.8 Å². The molecule has 12 nitrogen and oxygen atoms in total. The number of fused-ring (bicyclic) bond motifs is 1. The van der Waals surface area contributed by atoms with Crippen LogP contribution in [-0.2, 0) is 4.74 Å². The van der Waals surface area contributed by atoms with E-state index in [1.54, 1.807) is 45.4 Å². The average Bonchev–Trinajstić information content (AvgIpc) is 3.34. The van der Waals surface area contributed by atoms with Gasteiger partial charge in [0.15, 0.2) is 5.58 Å². The summed E-state index contributed by atoms with van der Waals surface area (Å²) in [6.07, 6.45) is 3.25. The van der Waals surface area contributed by atoms with Gasteiger partial charge in [-0.1, -0.05) is 0 Å². The topological polar surface area (TPSA) is 147 Å².